The monoisotopic (exact) mass is 229 g/mol. The van der Waals surface area contributed by atoms with Crippen molar-refractivity contribution in [3.8, 4) is 6.07 Å². The van der Waals surface area contributed by atoms with Crippen molar-refractivity contribution in [1.82, 2.24) is 5.32 Å². The normalized spacial score (nSPS) is 15.6. The van der Waals surface area contributed by atoms with Crippen LogP contribution in [0.3, 0.4) is 0 Å². The molecule has 1 amide bonds. The number of aryl methyl sites for hydroxylation is 1. The van der Waals surface area contributed by atoms with Crippen LogP contribution in [0, 0.1) is 11.3 Å². The number of nitrogens with zero attached hydrogens (tertiary/aromatic N) is 1. The minimum absolute atomic E-state index is 0.0583. The smallest absolute Gasteiger partial charge is 0.224 e. The Bertz CT molecular complexity index is 476. The number of amides is 1. The summed E-state index contributed by atoms with van der Waals surface area (Å²) in [5.74, 6) is 0.0763. The van der Waals surface area contributed by atoms with E-state index >= 15 is 0 Å². The molecule has 0 radical (unpaired) electrons. The van der Waals surface area contributed by atoms with Gasteiger partial charge in [0.1, 0.15) is 0 Å². The molecule has 2 rings (SSSR count). The lowest BCUT2D eigenvalue weighted by molar-refractivity contribution is -0.116. The lowest BCUT2D eigenvalue weighted by atomic mass is 9.96. The Hall–Kier alpha value is -1.86. The second kappa shape index (κ2) is 4.98. The van der Waals surface area contributed by atoms with E-state index in [1.807, 2.05) is 19.2 Å². The Morgan fingerprint density at radius 2 is 2.35 bits per heavy atom. The van der Waals surface area contributed by atoms with Crippen LogP contribution in [-0.4, -0.2) is 13.0 Å². The summed E-state index contributed by atoms with van der Waals surface area (Å²) in [4.78, 5) is 11.2. The van der Waals surface area contributed by atoms with Gasteiger partial charge in [0, 0.05) is 18.2 Å². The molecule has 1 aromatic carbocycles. The highest BCUT2D eigenvalue weighted by Gasteiger charge is 2.17. The van der Waals surface area contributed by atoms with Crippen molar-refractivity contribution in [1.29, 1.82) is 5.26 Å². The van der Waals surface area contributed by atoms with Crippen LogP contribution in [-0.2, 0) is 11.2 Å². The summed E-state index contributed by atoms with van der Waals surface area (Å²) in [5, 5.41) is 14.7. The quantitative estimate of drug-likeness (QED) is 0.829. The van der Waals surface area contributed by atoms with Crippen LogP contribution >= 0.6 is 0 Å². The summed E-state index contributed by atoms with van der Waals surface area (Å²) < 4.78 is 0. The molecule has 17 heavy (non-hydrogen) atoms. The van der Waals surface area contributed by atoms with Gasteiger partial charge in [0.05, 0.1) is 12.5 Å². The summed E-state index contributed by atoms with van der Waals surface area (Å²) in [6.45, 7) is 0. The molecule has 0 saturated heterocycles. The van der Waals surface area contributed by atoms with Gasteiger partial charge >= 0.3 is 0 Å². The Morgan fingerprint density at radius 1 is 1.53 bits per heavy atom. The summed E-state index contributed by atoms with van der Waals surface area (Å²) in [5.41, 5.74) is 3.15. The Labute approximate surface area is 101 Å². The zero-order valence-corrected chi connectivity index (χ0v) is 9.79. The highest BCUT2D eigenvalue weighted by atomic mass is 16.1. The van der Waals surface area contributed by atoms with Gasteiger partial charge in [0.2, 0.25) is 5.91 Å². The highest BCUT2D eigenvalue weighted by Crippen LogP contribution is 2.26. The van der Waals surface area contributed by atoms with E-state index in [2.05, 4.69) is 22.8 Å². The van der Waals surface area contributed by atoms with Crippen LogP contribution in [0.25, 0.3) is 0 Å². The van der Waals surface area contributed by atoms with Crippen LogP contribution in [0.1, 0.15) is 30.0 Å². The number of carbonyl (C=O) groups is 1. The molecule has 1 heterocycles. The molecular formula is C13H15N3O. The van der Waals surface area contributed by atoms with E-state index in [0.717, 1.165) is 23.2 Å². The van der Waals surface area contributed by atoms with Crippen molar-refractivity contribution in [3.05, 3.63) is 29.3 Å². The maximum Gasteiger partial charge on any atom is 0.224 e. The number of anilines is 1. The van der Waals surface area contributed by atoms with Gasteiger partial charge in [-0.25, -0.2) is 0 Å². The van der Waals surface area contributed by atoms with Crippen LogP contribution in [0.5, 0.6) is 0 Å². The number of hydrogen-bond donors (Lipinski definition) is 2. The first-order chi connectivity index (χ1) is 8.24. The van der Waals surface area contributed by atoms with Crippen molar-refractivity contribution < 1.29 is 4.79 Å². The third-order valence-corrected chi connectivity index (χ3v) is 3.07. The number of benzene rings is 1. The summed E-state index contributed by atoms with van der Waals surface area (Å²) in [7, 11) is 1.85. The topological polar surface area (TPSA) is 64.9 Å². The van der Waals surface area contributed by atoms with E-state index in [4.69, 9.17) is 5.26 Å². The first kappa shape index (κ1) is 11.6. The molecule has 1 aromatic rings. The molecule has 0 aliphatic carbocycles. The maximum absolute atomic E-state index is 11.2. The third-order valence-electron chi connectivity index (χ3n) is 3.07. The molecule has 0 saturated carbocycles. The minimum Gasteiger partial charge on any atom is -0.326 e. The molecular weight excluding hydrogens is 214 g/mol. The van der Waals surface area contributed by atoms with E-state index in [-0.39, 0.29) is 11.9 Å². The Kier molecular flexibility index (Phi) is 3.40. The fraction of sp³-hybridized carbons (Fsp3) is 0.385. The Balaban J connectivity index is 2.27. The van der Waals surface area contributed by atoms with Crippen LogP contribution < -0.4 is 10.6 Å². The molecule has 0 bridgehead atoms. The summed E-state index contributed by atoms with van der Waals surface area (Å²) in [6, 6.07) is 8.19. The van der Waals surface area contributed by atoms with Gasteiger partial charge in [-0.05, 0) is 30.7 Å². The van der Waals surface area contributed by atoms with Crippen molar-refractivity contribution in [3.63, 3.8) is 0 Å². The first-order valence-corrected chi connectivity index (χ1v) is 5.71. The van der Waals surface area contributed by atoms with Crippen molar-refractivity contribution >= 4 is 11.6 Å². The minimum atomic E-state index is 0.0583. The van der Waals surface area contributed by atoms with E-state index in [1.165, 1.54) is 0 Å². The molecule has 4 nitrogen and oxygen atoms in total. The van der Waals surface area contributed by atoms with E-state index in [9.17, 15) is 4.79 Å². The summed E-state index contributed by atoms with van der Waals surface area (Å²) in [6.07, 6.45) is 1.76. The predicted molar refractivity (Wildman–Crippen MR) is 65.4 cm³/mol. The molecule has 1 unspecified atom stereocenters. The van der Waals surface area contributed by atoms with Gasteiger partial charge in [-0.2, -0.15) is 5.26 Å². The van der Waals surface area contributed by atoms with Crippen LogP contribution in [0.2, 0.25) is 0 Å². The van der Waals surface area contributed by atoms with E-state index in [1.54, 1.807) is 0 Å². The molecule has 1 aliphatic heterocycles. The molecule has 4 heteroatoms. The zero-order valence-electron chi connectivity index (χ0n) is 9.79. The number of fused-ring (bicyclic) bond motifs is 1. The molecule has 88 valence electrons. The standard InChI is InChI=1S/C13H15N3O/c1-15-11(6-7-14)9-2-4-12-10(8-9)3-5-13(17)16-12/h2,4,8,11,15H,3,5-6H2,1H3,(H,16,17). The average molecular weight is 229 g/mol. The second-order valence-electron chi connectivity index (χ2n) is 4.17. The fourth-order valence-corrected chi connectivity index (χ4v) is 2.10. The SMILES string of the molecule is CNC(CC#N)c1ccc2c(c1)CCC(=O)N2. The number of rotatable bonds is 3. The first-order valence-electron chi connectivity index (χ1n) is 5.71. The largest absolute Gasteiger partial charge is 0.326 e. The fourth-order valence-electron chi connectivity index (χ4n) is 2.10. The number of nitriles is 1. The van der Waals surface area contributed by atoms with Gasteiger partial charge in [-0.1, -0.05) is 12.1 Å². The van der Waals surface area contributed by atoms with Gasteiger partial charge in [0.25, 0.3) is 0 Å². The zero-order chi connectivity index (χ0) is 12.3. The van der Waals surface area contributed by atoms with Crippen molar-refractivity contribution in [2.45, 2.75) is 25.3 Å². The maximum atomic E-state index is 11.2. The van der Waals surface area contributed by atoms with Gasteiger partial charge in [-0.3, -0.25) is 4.79 Å². The second-order valence-corrected chi connectivity index (χ2v) is 4.17. The molecule has 1 aliphatic rings. The van der Waals surface area contributed by atoms with Crippen molar-refractivity contribution in [2.24, 2.45) is 0 Å². The summed E-state index contributed by atoms with van der Waals surface area (Å²) >= 11 is 0. The third kappa shape index (κ3) is 2.45. The number of nitrogens with one attached hydrogen (secondary N) is 2. The molecule has 1 atom stereocenters. The van der Waals surface area contributed by atoms with E-state index < -0.39 is 0 Å². The van der Waals surface area contributed by atoms with Crippen molar-refractivity contribution in [2.75, 3.05) is 12.4 Å². The number of carbonyl (C=O) groups excluding carboxylic acids is 1. The molecule has 0 spiro atoms. The molecule has 2 N–H and O–H groups in total. The highest BCUT2D eigenvalue weighted by molar-refractivity contribution is 5.93. The predicted octanol–water partition coefficient (Wildman–Crippen LogP) is 1.75. The van der Waals surface area contributed by atoms with Gasteiger partial charge < -0.3 is 10.6 Å². The van der Waals surface area contributed by atoms with E-state index in [0.29, 0.717) is 12.8 Å². The lowest BCUT2D eigenvalue weighted by Gasteiger charge is -2.20. The number of hydrogen-bond acceptors (Lipinski definition) is 3. The lowest BCUT2D eigenvalue weighted by Crippen LogP contribution is -2.20. The Morgan fingerprint density at radius 3 is 3.06 bits per heavy atom. The molecule has 0 aromatic heterocycles. The van der Waals surface area contributed by atoms with Gasteiger partial charge in [0.15, 0.2) is 0 Å². The molecule has 0 fully saturated rings. The van der Waals surface area contributed by atoms with Gasteiger partial charge in [-0.15, -0.1) is 0 Å². The average Bonchev–Trinajstić information content (AvgIpc) is 2.35. The van der Waals surface area contributed by atoms with Crippen LogP contribution in [0.15, 0.2) is 18.2 Å². The van der Waals surface area contributed by atoms with Crippen LogP contribution in [0.4, 0.5) is 5.69 Å².